The molecule has 0 amide bonds. The molecule has 0 fully saturated rings. The summed E-state index contributed by atoms with van der Waals surface area (Å²) in [5.41, 5.74) is 0. The van der Waals surface area contributed by atoms with Crippen molar-refractivity contribution in [3.05, 3.63) is 0 Å². The van der Waals surface area contributed by atoms with E-state index in [9.17, 15) is 4.79 Å². The van der Waals surface area contributed by atoms with E-state index in [0.717, 1.165) is 19.4 Å². The monoisotopic (exact) mass is 257 g/mol. The van der Waals surface area contributed by atoms with Gasteiger partial charge in [-0.15, -0.1) is 0 Å². The Morgan fingerprint density at radius 1 is 1.11 bits per heavy atom. The predicted molar refractivity (Wildman–Crippen MR) is 76.6 cm³/mol. The summed E-state index contributed by atoms with van der Waals surface area (Å²) in [6, 6.07) is -0.129. The average molecular weight is 257 g/mol. The van der Waals surface area contributed by atoms with Gasteiger partial charge in [-0.1, -0.05) is 46.5 Å². The summed E-state index contributed by atoms with van der Waals surface area (Å²) < 4.78 is 5.10. The van der Waals surface area contributed by atoms with Gasteiger partial charge in [0.2, 0.25) is 0 Å². The normalized spacial score (nSPS) is 12.7. The van der Waals surface area contributed by atoms with Gasteiger partial charge in [0.25, 0.3) is 0 Å². The van der Waals surface area contributed by atoms with Crippen molar-refractivity contribution >= 4 is 5.97 Å². The number of carbonyl (C=O) groups excluding carboxylic acids is 1. The number of unbranched alkanes of at least 4 members (excludes halogenated alkanes) is 4. The minimum absolute atomic E-state index is 0.0974. The molecular formula is C15H31NO2. The van der Waals surface area contributed by atoms with Crippen LogP contribution in [0.15, 0.2) is 0 Å². The van der Waals surface area contributed by atoms with Gasteiger partial charge in [0.1, 0.15) is 6.04 Å². The summed E-state index contributed by atoms with van der Waals surface area (Å²) in [5, 5.41) is 3.34. The molecular weight excluding hydrogens is 226 g/mol. The smallest absolute Gasteiger partial charge is 0.323 e. The first kappa shape index (κ1) is 17.4. The highest BCUT2D eigenvalue weighted by atomic mass is 16.5. The average Bonchev–Trinajstić information content (AvgIpc) is 2.32. The van der Waals surface area contributed by atoms with Gasteiger partial charge in [-0.05, 0) is 32.2 Å². The van der Waals surface area contributed by atoms with Crippen molar-refractivity contribution < 1.29 is 9.53 Å². The van der Waals surface area contributed by atoms with E-state index >= 15 is 0 Å². The minimum Gasteiger partial charge on any atom is -0.465 e. The van der Waals surface area contributed by atoms with E-state index in [1.807, 2.05) is 6.92 Å². The molecule has 0 heterocycles. The first-order chi connectivity index (χ1) is 8.61. The number of hydrogen-bond acceptors (Lipinski definition) is 3. The van der Waals surface area contributed by atoms with Crippen LogP contribution in [0.25, 0.3) is 0 Å². The van der Waals surface area contributed by atoms with Crippen molar-refractivity contribution in [2.45, 2.75) is 72.3 Å². The highest BCUT2D eigenvalue weighted by molar-refractivity contribution is 5.75. The van der Waals surface area contributed by atoms with Crippen LogP contribution in [0.4, 0.5) is 0 Å². The van der Waals surface area contributed by atoms with Gasteiger partial charge < -0.3 is 10.1 Å². The highest BCUT2D eigenvalue weighted by Crippen LogP contribution is 2.07. The van der Waals surface area contributed by atoms with Crippen LogP contribution in [0, 0.1) is 5.92 Å². The molecule has 3 nitrogen and oxygen atoms in total. The van der Waals surface area contributed by atoms with Gasteiger partial charge in [-0.3, -0.25) is 4.79 Å². The highest BCUT2D eigenvalue weighted by Gasteiger charge is 2.19. The summed E-state index contributed by atoms with van der Waals surface area (Å²) >= 11 is 0. The fourth-order valence-electron chi connectivity index (χ4n) is 1.98. The number of rotatable bonds is 11. The summed E-state index contributed by atoms with van der Waals surface area (Å²) in [5.74, 6) is 0.409. The van der Waals surface area contributed by atoms with E-state index in [-0.39, 0.29) is 12.0 Å². The Hall–Kier alpha value is -0.570. The maximum atomic E-state index is 11.8. The minimum atomic E-state index is -0.129. The van der Waals surface area contributed by atoms with Gasteiger partial charge in [0, 0.05) is 0 Å². The van der Waals surface area contributed by atoms with E-state index in [4.69, 9.17) is 4.74 Å². The third-order valence-electron chi connectivity index (χ3n) is 2.95. The van der Waals surface area contributed by atoms with Gasteiger partial charge in [0.05, 0.1) is 6.61 Å². The zero-order chi connectivity index (χ0) is 13.8. The lowest BCUT2D eigenvalue weighted by molar-refractivity contribution is -0.146. The Kier molecular flexibility index (Phi) is 11.2. The van der Waals surface area contributed by atoms with Crippen molar-refractivity contribution in [1.82, 2.24) is 5.32 Å². The molecule has 1 atom stereocenters. The van der Waals surface area contributed by atoms with Crippen LogP contribution in [0.5, 0.6) is 0 Å². The predicted octanol–water partition coefficient (Wildman–Crippen LogP) is 3.52. The van der Waals surface area contributed by atoms with Crippen LogP contribution in [0.1, 0.15) is 66.2 Å². The Labute approximate surface area is 113 Å². The molecule has 0 aromatic rings. The molecule has 0 aliphatic carbocycles. The fourth-order valence-corrected chi connectivity index (χ4v) is 1.98. The zero-order valence-electron chi connectivity index (χ0n) is 12.6. The lowest BCUT2D eigenvalue weighted by Crippen LogP contribution is -2.39. The molecule has 3 heteroatoms. The lowest BCUT2D eigenvalue weighted by atomic mass is 10.0. The van der Waals surface area contributed by atoms with Crippen LogP contribution < -0.4 is 5.32 Å². The molecule has 0 spiro atoms. The van der Waals surface area contributed by atoms with E-state index in [1.54, 1.807) is 0 Å². The molecule has 0 aromatic heterocycles. The standard InChI is InChI=1S/C15H31NO2/c1-5-7-8-9-10-11-16-14(12-13(3)4)15(17)18-6-2/h13-14,16H,5-12H2,1-4H3. The topological polar surface area (TPSA) is 38.3 Å². The number of ether oxygens (including phenoxy) is 1. The van der Waals surface area contributed by atoms with Crippen LogP contribution in [0.2, 0.25) is 0 Å². The molecule has 0 bridgehead atoms. The van der Waals surface area contributed by atoms with Crippen LogP contribution >= 0.6 is 0 Å². The molecule has 0 saturated heterocycles. The third-order valence-corrected chi connectivity index (χ3v) is 2.95. The summed E-state index contributed by atoms with van der Waals surface area (Å²) in [7, 11) is 0. The Morgan fingerprint density at radius 3 is 2.33 bits per heavy atom. The molecule has 1 N–H and O–H groups in total. The molecule has 0 radical (unpaired) electrons. The van der Waals surface area contributed by atoms with Crippen LogP contribution in [0.3, 0.4) is 0 Å². The molecule has 0 saturated carbocycles. The van der Waals surface area contributed by atoms with E-state index in [1.165, 1.54) is 25.7 Å². The van der Waals surface area contributed by atoms with Gasteiger partial charge >= 0.3 is 5.97 Å². The summed E-state index contributed by atoms with van der Waals surface area (Å²) in [4.78, 5) is 11.8. The fraction of sp³-hybridized carbons (Fsp3) is 0.933. The molecule has 0 aromatic carbocycles. The number of hydrogen-bond donors (Lipinski definition) is 1. The quantitative estimate of drug-likeness (QED) is 0.454. The molecule has 0 aliphatic rings. The van der Waals surface area contributed by atoms with Crippen LogP contribution in [-0.2, 0) is 9.53 Å². The second kappa shape index (κ2) is 11.5. The first-order valence-electron chi connectivity index (χ1n) is 7.51. The van der Waals surface area contributed by atoms with Gasteiger partial charge in [0.15, 0.2) is 0 Å². The third kappa shape index (κ3) is 9.46. The maximum absolute atomic E-state index is 11.8. The Bertz CT molecular complexity index is 205. The first-order valence-corrected chi connectivity index (χ1v) is 7.51. The van der Waals surface area contributed by atoms with Crippen LogP contribution in [-0.4, -0.2) is 25.2 Å². The second-order valence-corrected chi connectivity index (χ2v) is 5.30. The number of nitrogens with one attached hydrogen (secondary N) is 1. The van der Waals surface area contributed by atoms with Crippen molar-refractivity contribution in [3.8, 4) is 0 Å². The summed E-state index contributed by atoms with van der Waals surface area (Å²) in [6.45, 7) is 9.72. The van der Waals surface area contributed by atoms with Gasteiger partial charge in [-0.2, -0.15) is 0 Å². The Morgan fingerprint density at radius 2 is 1.78 bits per heavy atom. The summed E-state index contributed by atoms with van der Waals surface area (Å²) in [6.07, 6.45) is 7.13. The number of carbonyl (C=O) groups is 1. The lowest BCUT2D eigenvalue weighted by Gasteiger charge is -2.19. The number of esters is 1. The van der Waals surface area contributed by atoms with E-state index in [2.05, 4.69) is 26.1 Å². The second-order valence-electron chi connectivity index (χ2n) is 5.30. The zero-order valence-corrected chi connectivity index (χ0v) is 12.6. The Balaban J connectivity index is 3.82. The largest absolute Gasteiger partial charge is 0.465 e. The maximum Gasteiger partial charge on any atom is 0.323 e. The molecule has 108 valence electrons. The van der Waals surface area contributed by atoms with Crippen molar-refractivity contribution in [1.29, 1.82) is 0 Å². The van der Waals surface area contributed by atoms with Gasteiger partial charge in [-0.25, -0.2) is 0 Å². The molecule has 1 unspecified atom stereocenters. The van der Waals surface area contributed by atoms with E-state index in [0.29, 0.717) is 12.5 Å². The van der Waals surface area contributed by atoms with Crippen molar-refractivity contribution in [2.24, 2.45) is 5.92 Å². The SMILES string of the molecule is CCCCCCCNC(CC(C)C)C(=O)OCC. The molecule has 18 heavy (non-hydrogen) atoms. The molecule has 0 aliphatic heterocycles. The van der Waals surface area contributed by atoms with Crippen molar-refractivity contribution in [3.63, 3.8) is 0 Å². The molecule has 0 rings (SSSR count). The van der Waals surface area contributed by atoms with E-state index < -0.39 is 0 Å². The van der Waals surface area contributed by atoms with Crippen molar-refractivity contribution in [2.75, 3.05) is 13.2 Å².